The van der Waals surface area contributed by atoms with E-state index in [0.717, 1.165) is 0 Å². The lowest BCUT2D eigenvalue weighted by Crippen LogP contribution is -2.45. The fourth-order valence-electron chi connectivity index (χ4n) is 3.45. The van der Waals surface area contributed by atoms with Gasteiger partial charge in [0.1, 0.15) is 5.82 Å². The number of nitrogens with zero attached hydrogens (tertiary/aromatic N) is 2. The summed E-state index contributed by atoms with van der Waals surface area (Å²) in [5.41, 5.74) is 2.08. The minimum Gasteiger partial charge on any atom is -0.325 e. The van der Waals surface area contributed by atoms with Crippen molar-refractivity contribution in [3.63, 3.8) is 0 Å². The van der Waals surface area contributed by atoms with E-state index >= 15 is 0 Å². The van der Waals surface area contributed by atoms with Crippen LogP contribution in [0.2, 0.25) is 0 Å². The van der Waals surface area contributed by atoms with Crippen LogP contribution >= 0.6 is 0 Å². The molecule has 0 saturated carbocycles. The molecular formula is C22H25FN4O3. The van der Waals surface area contributed by atoms with Crippen LogP contribution in [0.25, 0.3) is 0 Å². The topological polar surface area (TPSA) is 81.8 Å². The second-order valence-electron chi connectivity index (χ2n) is 7.57. The number of nitrogens with one attached hydrogen (secondary N) is 2. The minimum absolute atomic E-state index is 0.0114. The molecule has 0 aromatic heterocycles. The van der Waals surface area contributed by atoms with Crippen LogP contribution in [-0.4, -0.2) is 48.8 Å². The predicted molar refractivity (Wildman–Crippen MR) is 114 cm³/mol. The Balaban J connectivity index is 1.65. The first-order chi connectivity index (χ1) is 14.2. The molecule has 0 bridgehead atoms. The van der Waals surface area contributed by atoms with Crippen molar-refractivity contribution in [1.29, 1.82) is 0 Å². The van der Waals surface area contributed by atoms with Crippen LogP contribution in [0.3, 0.4) is 0 Å². The van der Waals surface area contributed by atoms with E-state index in [0.29, 0.717) is 22.6 Å². The Labute approximate surface area is 174 Å². The summed E-state index contributed by atoms with van der Waals surface area (Å²) in [6, 6.07) is 11.3. The van der Waals surface area contributed by atoms with Crippen LogP contribution in [0, 0.1) is 12.7 Å². The third-order valence-electron chi connectivity index (χ3n) is 4.90. The number of aryl methyl sites for hydroxylation is 1. The molecule has 0 saturated heterocycles. The van der Waals surface area contributed by atoms with Gasteiger partial charge >= 0.3 is 0 Å². The summed E-state index contributed by atoms with van der Waals surface area (Å²) in [6.07, 6.45) is 0.184. The van der Waals surface area contributed by atoms with E-state index in [1.54, 1.807) is 60.2 Å². The van der Waals surface area contributed by atoms with Gasteiger partial charge in [-0.2, -0.15) is 0 Å². The van der Waals surface area contributed by atoms with Crippen LogP contribution < -0.4 is 15.5 Å². The SMILES string of the molecule is Cc1ccc(NC(=O)CN(C)CC(=O)N2c3ccccc3NC(=O)CC2C)cc1F. The molecule has 1 unspecified atom stereocenters. The van der Waals surface area contributed by atoms with E-state index < -0.39 is 5.82 Å². The smallest absolute Gasteiger partial charge is 0.241 e. The van der Waals surface area contributed by atoms with Gasteiger partial charge in [-0.25, -0.2) is 4.39 Å². The molecule has 2 aromatic rings. The molecule has 1 aliphatic heterocycles. The van der Waals surface area contributed by atoms with Crippen LogP contribution in [-0.2, 0) is 14.4 Å². The lowest BCUT2D eigenvalue weighted by molar-refractivity contribution is -0.121. The highest BCUT2D eigenvalue weighted by Gasteiger charge is 2.30. The zero-order chi connectivity index (χ0) is 21.8. The Bertz CT molecular complexity index is 979. The summed E-state index contributed by atoms with van der Waals surface area (Å²) in [6.45, 7) is 3.41. The number of hydrogen-bond acceptors (Lipinski definition) is 4. The monoisotopic (exact) mass is 412 g/mol. The molecule has 2 aromatic carbocycles. The Hall–Kier alpha value is -3.26. The first-order valence-corrected chi connectivity index (χ1v) is 9.70. The zero-order valence-corrected chi connectivity index (χ0v) is 17.2. The van der Waals surface area contributed by atoms with E-state index in [1.807, 2.05) is 6.92 Å². The molecule has 1 heterocycles. The standard InChI is InChI=1S/C22H25FN4O3/c1-14-8-9-16(11-17(14)23)24-21(29)12-26(3)13-22(30)27-15(2)10-20(28)25-18-6-4-5-7-19(18)27/h4-9,11,15H,10,12-13H2,1-3H3,(H,24,29)(H,25,28). The normalized spacial score (nSPS) is 16.0. The number of likely N-dealkylation sites (N-methyl/N-ethyl adjacent to an activating group) is 1. The number of para-hydroxylation sites is 2. The maximum Gasteiger partial charge on any atom is 0.241 e. The number of anilines is 3. The summed E-state index contributed by atoms with van der Waals surface area (Å²) in [5.74, 6) is -1.12. The molecule has 0 radical (unpaired) electrons. The molecule has 3 rings (SSSR count). The van der Waals surface area contributed by atoms with Crippen LogP contribution in [0.1, 0.15) is 18.9 Å². The lowest BCUT2D eigenvalue weighted by atomic mass is 10.1. The summed E-state index contributed by atoms with van der Waals surface area (Å²) < 4.78 is 13.6. The van der Waals surface area contributed by atoms with Gasteiger partial charge in [-0.15, -0.1) is 0 Å². The van der Waals surface area contributed by atoms with E-state index in [2.05, 4.69) is 10.6 Å². The van der Waals surface area contributed by atoms with E-state index in [4.69, 9.17) is 0 Å². The van der Waals surface area contributed by atoms with Crippen molar-refractivity contribution in [3.05, 3.63) is 53.8 Å². The molecular weight excluding hydrogens is 387 g/mol. The molecule has 0 spiro atoms. The average Bonchev–Trinajstić information content (AvgIpc) is 2.78. The van der Waals surface area contributed by atoms with Crippen LogP contribution in [0.4, 0.5) is 21.5 Å². The predicted octanol–water partition coefficient (Wildman–Crippen LogP) is 2.77. The quantitative estimate of drug-likeness (QED) is 0.791. The second kappa shape index (κ2) is 9.04. The lowest BCUT2D eigenvalue weighted by Gasteiger charge is -2.29. The van der Waals surface area contributed by atoms with Gasteiger partial charge in [-0.1, -0.05) is 18.2 Å². The Morgan fingerprint density at radius 1 is 1.23 bits per heavy atom. The second-order valence-corrected chi connectivity index (χ2v) is 7.57. The minimum atomic E-state index is -0.395. The van der Waals surface area contributed by atoms with Crippen LogP contribution in [0.15, 0.2) is 42.5 Å². The van der Waals surface area contributed by atoms with Crippen molar-refractivity contribution in [1.82, 2.24) is 4.90 Å². The van der Waals surface area contributed by atoms with Crippen molar-refractivity contribution < 1.29 is 18.8 Å². The molecule has 8 heteroatoms. The third-order valence-corrected chi connectivity index (χ3v) is 4.90. The highest BCUT2D eigenvalue weighted by atomic mass is 19.1. The molecule has 30 heavy (non-hydrogen) atoms. The number of hydrogen-bond donors (Lipinski definition) is 2. The molecule has 0 fully saturated rings. The Morgan fingerprint density at radius 2 is 1.97 bits per heavy atom. The fraction of sp³-hybridized carbons (Fsp3) is 0.318. The van der Waals surface area contributed by atoms with Gasteiger partial charge in [-0.3, -0.25) is 19.3 Å². The molecule has 1 aliphatic rings. The molecule has 7 nitrogen and oxygen atoms in total. The van der Waals surface area contributed by atoms with Gasteiger partial charge in [0.05, 0.1) is 24.5 Å². The fourth-order valence-corrected chi connectivity index (χ4v) is 3.45. The Kier molecular flexibility index (Phi) is 6.47. The van der Waals surface area contributed by atoms with E-state index in [9.17, 15) is 18.8 Å². The summed E-state index contributed by atoms with van der Waals surface area (Å²) in [5, 5.41) is 5.45. The van der Waals surface area contributed by atoms with Crippen molar-refractivity contribution in [3.8, 4) is 0 Å². The summed E-state index contributed by atoms with van der Waals surface area (Å²) >= 11 is 0. The van der Waals surface area contributed by atoms with Crippen LogP contribution in [0.5, 0.6) is 0 Å². The number of fused-ring (bicyclic) bond motifs is 1. The van der Waals surface area contributed by atoms with E-state index in [-0.39, 0.29) is 43.3 Å². The molecule has 1 atom stereocenters. The molecule has 3 amide bonds. The first kappa shape index (κ1) is 21.4. The first-order valence-electron chi connectivity index (χ1n) is 9.70. The largest absolute Gasteiger partial charge is 0.325 e. The number of carbonyl (C=O) groups is 3. The van der Waals surface area contributed by atoms with E-state index in [1.165, 1.54) is 6.07 Å². The number of carbonyl (C=O) groups excluding carboxylic acids is 3. The zero-order valence-electron chi connectivity index (χ0n) is 17.2. The number of halogens is 1. The van der Waals surface area contributed by atoms with Crippen molar-refractivity contribution in [2.24, 2.45) is 0 Å². The Morgan fingerprint density at radius 3 is 2.70 bits per heavy atom. The number of amides is 3. The van der Waals surface area contributed by atoms with Crippen molar-refractivity contribution in [2.75, 3.05) is 35.7 Å². The summed E-state index contributed by atoms with van der Waals surface area (Å²) in [4.78, 5) is 40.6. The van der Waals surface area contributed by atoms with Crippen molar-refractivity contribution in [2.45, 2.75) is 26.3 Å². The van der Waals surface area contributed by atoms with Gasteiger partial charge in [-0.05, 0) is 50.7 Å². The summed E-state index contributed by atoms with van der Waals surface area (Å²) in [7, 11) is 1.66. The molecule has 0 aliphatic carbocycles. The highest BCUT2D eigenvalue weighted by molar-refractivity contribution is 6.05. The number of rotatable bonds is 5. The van der Waals surface area contributed by atoms with Gasteiger partial charge in [0.25, 0.3) is 0 Å². The maximum atomic E-state index is 13.6. The molecule has 158 valence electrons. The third kappa shape index (κ3) is 5.01. The van der Waals surface area contributed by atoms with Gasteiger partial charge in [0, 0.05) is 18.2 Å². The van der Waals surface area contributed by atoms with Crippen molar-refractivity contribution >= 4 is 34.8 Å². The maximum absolute atomic E-state index is 13.6. The average molecular weight is 412 g/mol. The number of benzene rings is 2. The highest BCUT2D eigenvalue weighted by Crippen LogP contribution is 2.31. The van der Waals surface area contributed by atoms with Gasteiger partial charge in [0.15, 0.2) is 0 Å². The molecule has 2 N–H and O–H groups in total. The van der Waals surface area contributed by atoms with Gasteiger partial charge in [0.2, 0.25) is 17.7 Å². The van der Waals surface area contributed by atoms with Gasteiger partial charge < -0.3 is 15.5 Å².